The van der Waals surface area contributed by atoms with Gasteiger partial charge in [0, 0.05) is 10.6 Å². The van der Waals surface area contributed by atoms with Crippen LogP contribution in [-0.4, -0.2) is 18.2 Å². The summed E-state index contributed by atoms with van der Waals surface area (Å²) in [5, 5.41) is 9.79. The van der Waals surface area contributed by atoms with Gasteiger partial charge in [-0.05, 0) is 18.2 Å². The average Bonchev–Trinajstić information content (AvgIpc) is 2.21. The first-order valence-electron chi connectivity index (χ1n) is 4.24. The molecule has 1 atom stereocenters. The largest absolute Gasteiger partial charge is 0.469 e. The Labute approximate surface area is 91.4 Å². The molecule has 82 valence electrons. The van der Waals surface area contributed by atoms with Crippen molar-refractivity contribution < 1.29 is 19.0 Å². The quantitative estimate of drug-likeness (QED) is 0.812. The molecule has 0 bridgehead atoms. The molecule has 1 N–H and O–H groups in total. The maximum absolute atomic E-state index is 12.8. The topological polar surface area (TPSA) is 46.5 Å². The predicted molar refractivity (Wildman–Crippen MR) is 53.0 cm³/mol. The number of carbonyl (C=O) groups is 1. The molecular formula is C10H10ClFO3. The van der Waals surface area contributed by atoms with Gasteiger partial charge in [0.25, 0.3) is 0 Å². The fourth-order valence-corrected chi connectivity index (χ4v) is 1.36. The molecule has 15 heavy (non-hydrogen) atoms. The molecule has 0 aliphatic carbocycles. The van der Waals surface area contributed by atoms with Crippen LogP contribution >= 0.6 is 11.6 Å². The van der Waals surface area contributed by atoms with E-state index < -0.39 is 17.9 Å². The zero-order chi connectivity index (χ0) is 11.4. The van der Waals surface area contributed by atoms with E-state index in [9.17, 15) is 14.3 Å². The first-order valence-corrected chi connectivity index (χ1v) is 4.62. The third-order valence-corrected chi connectivity index (χ3v) is 2.25. The van der Waals surface area contributed by atoms with E-state index in [0.717, 1.165) is 6.07 Å². The van der Waals surface area contributed by atoms with Crippen LogP contribution in [0.1, 0.15) is 18.1 Å². The van der Waals surface area contributed by atoms with Crippen LogP contribution in [0.25, 0.3) is 0 Å². The van der Waals surface area contributed by atoms with Crippen molar-refractivity contribution in [2.75, 3.05) is 7.11 Å². The second-order valence-electron chi connectivity index (χ2n) is 2.96. The minimum absolute atomic E-state index is 0.182. The van der Waals surface area contributed by atoms with Crippen molar-refractivity contribution >= 4 is 17.6 Å². The number of methoxy groups -OCH3 is 1. The van der Waals surface area contributed by atoms with Crippen LogP contribution in [-0.2, 0) is 9.53 Å². The van der Waals surface area contributed by atoms with Crippen molar-refractivity contribution in [2.45, 2.75) is 12.5 Å². The lowest BCUT2D eigenvalue weighted by Crippen LogP contribution is -2.08. The third-order valence-electron chi connectivity index (χ3n) is 1.90. The first-order chi connectivity index (χ1) is 7.04. The van der Waals surface area contributed by atoms with Gasteiger partial charge in [-0.2, -0.15) is 0 Å². The zero-order valence-corrected chi connectivity index (χ0v) is 8.79. The summed E-state index contributed by atoms with van der Waals surface area (Å²) in [4.78, 5) is 10.9. The van der Waals surface area contributed by atoms with Crippen LogP contribution in [0.15, 0.2) is 18.2 Å². The Morgan fingerprint density at radius 1 is 1.67 bits per heavy atom. The number of aliphatic hydroxyl groups excluding tert-OH is 1. The number of hydrogen-bond donors (Lipinski definition) is 1. The third kappa shape index (κ3) is 3.18. The molecule has 0 saturated carbocycles. The van der Waals surface area contributed by atoms with E-state index in [0.29, 0.717) is 0 Å². The van der Waals surface area contributed by atoms with Gasteiger partial charge in [0.15, 0.2) is 0 Å². The SMILES string of the molecule is COC(=O)C[C@@H](O)c1cc(F)ccc1Cl. The molecular weight excluding hydrogens is 223 g/mol. The highest BCUT2D eigenvalue weighted by Gasteiger charge is 2.16. The van der Waals surface area contributed by atoms with E-state index >= 15 is 0 Å². The van der Waals surface area contributed by atoms with Crippen LogP contribution in [0.2, 0.25) is 5.02 Å². The Bertz CT molecular complexity index is 368. The lowest BCUT2D eigenvalue weighted by molar-refractivity contribution is -0.142. The summed E-state index contributed by atoms with van der Waals surface area (Å²) in [6.45, 7) is 0. The smallest absolute Gasteiger partial charge is 0.308 e. The van der Waals surface area contributed by atoms with Gasteiger partial charge in [0.05, 0.1) is 19.6 Å². The summed E-state index contributed by atoms with van der Waals surface area (Å²) in [5.41, 5.74) is 0.182. The standard InChI is InChI=1S/C10H10ClFO3/c1-15-10(14)5-9(13)7-4-6(12)2-3-8(7)11/h2-4,9,13H,5H2,1H3/t9-/m1/s1. The van der Waals surface area contributed by atoms with Crippen LogP contribution in [0.5, 0.6) is 0 Å². The average molecular weight is 233 g/mol. The van der Waals surface area contributed by atoms with Gasteiger partial charge in [0.1, 0.15) is 5.82 Å². The molecule has 0 heterocycles. The van der Waals surface area contributed by atoms with Crippen LogP contribution in [0.3, 0.4) is 0 Å². The molecule has 1 aromatic carbocycles. The normalized spacial score (nSPS) is 12.3. The summed E-state index contributed by atoms with van der Waals surface area (Å²) in [6, 6.07) is 3.60. The van der Waals surface area contributed by atoms with Crippen molar-refractivity contribution in [3.63, 3.8) is 0 Å². The number of ether oxygens (including phenoxy) is 1. The molecule has 0 radical (unpaired) electrons. The monoisotopic (exact) mass is 232 g/mol. The summed E-state index contributed by atoms with van der Waals surface area (Å²) in [5.74, 6) is -1.10. The minimum Gasteiger partial charge on any atom is -0.469 e. The summed E-state index contributed by atoms with van der Waals surface area (Å²) in [6.07, 6.45) is -1.40. The molecule has 3 nitrogen and oxygen atoms in total. The highest BCUT2D eigenvalue weighted by atomic mass is 35.5. The van der Waals surface area contributed by atoms with Gasteiger partial charge in [0.2, 0.25) is 0 Å². The Morgan fingerprint density at radius 2 is 2.33 bits per heavy atom. The van der Waals surface area contributed by atoms with Crippen LogP contribution < -0.4 is 0 Å². The number of halogens is 2. The maximum Gasteiger partial charge on any atom is 0.308 e. The molecule has 5 heteroatoms. The van der Waals surface area contributed by atoms with Gasteiger partial charge < -0.3 is 9.84 Å². The minimum atomic E-state index is -1.15. The number of benzene rings is 1. The molecule has 1 rings (SSSR count). The number of rotatable bonds is 3. The fraction of sp³-hybridized carbons (Fsp3) is 0.300. The van der Waals surface area contributed by atoms with Gasteiger partial charge in [-0.1, -0.05) is 11.6 Å². The molecule has 0 aromatic heterocycles. The number of esters is 1. The molecule has 0 spiro atoms. The molecule has 0 aliphatic rings. The maximum atomic E-state index is 12.8. The molecule has 1 aromatic rings. The van der Waals surface area contributed by atoms with E-state index in [1.807, 2.05) is 0 Å². The molecule has 0 aliphatic heterocycles. The highest BCUT2D eigenvalue weighted by molar-refractivity contribution is 6.31. The van der Waals surface area contributed by atoms with E-state index in [2.05, 4.69) is 4.74 Å². The van der Waals surface area contributed by atoms with E-state index in [4.69, 9.17) is 11.6 Å². The van der Waals surface area contributed by atoms with Crippen molar-refractivity contribution in [3.8, 4) is 0 Å². The summed E-state index contributed by atoms with van der Waals surface area (Å²) in [7, 11) is 1.21. The Hall–Kier alpha value is -1.13. The molecule has 0 unspecified atom stereocenters. The Kier molecular flexibility index (Phi) is 4.05. The van der Waals surface area contributed by atoms with Crippen molar-refractivity contribution in [3.05, 3.63) is 34.6 Å². The Morgan fingerprint density at radius 3 is 2.93 bits per heavy atom. The van der Waals surface area contributed by atoms with Crippen molar-refractivity contribution in [2.24, 2.45) is 0 Å². The lowest BCUT2D eigenvalue weighted by Gasteiger charge is -2.11. The number of hydrogen-bond acceptors (Lipinski definition) is 3. The lowest BCUT2D eigenvalue weighted by atomic mass is 10.1. The second kappa shape index (κ2) is 5.09. The van der Waals surface area contributed by atoms with Gasteiger partial charge in [-0.15, -0.1) is 0 Å². The van der Waals surface area contributed by atoms with E-state index in [1.165, 1.54) is 19.2 Å². The molecule has 0 amide bonds. The fourth-order valence-electron chi connectivity index (χ4n) is 1.12. The predicted octanol–water partition coefficient (Wildman–Crippen LogP) is 2.08. The van der Waals surface area contributed by atoms with Crippen molar-refractivity contribution in [1.82, 2.24) is 0 Å². The van der Waals surface area contributed by atoms with Crippen LogP contribution in [0, 0.1) is 5.82 Å². The molecule has 0 fully saturated rings. The Balaban J connectivity index is 2.85. The molecule has 0 saturated heterocycles. The van der Waals surface area contributed by atoms with Gasteiger partial charge >= 0.3 is 5.97 Å². The van der Waals surface area contributed by atoms with E-state index in [1.54, 1.807) is 0 Å². The first kappa shape index (κ1) is 11.9. The zero-order valence-electron chi connectivity index (χ0n) is 8.04. The summed E-state index contributed by atoms with van der Waals surface area (Å²) >= 11 is 5.74. The summed E-state index contributed by atoms with van der Waals surface area (Å²) < 4.78 is 17.2. The number of carbonyl (C=O) groups excluding carboxylic acids is 1. The van der Waals surface area contributed by atoms with Gasteiger partial charge in [-0.25, -0.2) is 4.39 Å². The number of aliphatic hydroxyl groups is 1. The van der Waals surface area contributed by atoms with Crippen molar-refractivity contribution in [1.29, 1.82) is 0 Å². The van der Waals surface area contributed by atoms with Crippen LogP contribution in [0.4, 0.5) is 4.39 Å². The van der Waals surface area contributed by atoms with Gasteiger partial charge in [-0.3, -0.25) is 4.79 Å². The van der Waals surface area contributed by atoms with E-state index in [-0.39, 0.29) is 17.0 Å². The second-order valence-corrected chi connectivity index (χ2v) is 3.37. The highest BCUT2D eigenvalue weighted by Crippen LogP contribution is 2.26.